The van der Waals surface area contributed by atoms with Crippen LogP contribution < -0.4 is 14.9 Å². The Labute approximate surface area is 165 Å². The van der Waals surface area contributed by atoms with Gasteiger partial charge >= 0.3 is 0 Å². The lowest BCUT2D eigenvalue weighted by atomic mass is 10.1. The van der Waals surface area contributed by atoms with Crippen LogP contribution in [0.1, 0.15) is 40.1 Å². The third-order valence-corrected chi connectivity index (χ3v) is 5.33. The largest absolute Gasteiger partial charge is 0.350 e. The molecule has 0 atom stereocenters. The molecule has 0 saturated heterocycles. The molecule has 8 heteroatoms. The first-order valence-electron chi connectivity index (χ1n) is 8.76. The Kier molecular flexibility index (Phi) is 6.45. The van der Waals surface area contributed by atoms with Crippen LogP contribution in [0, 0.1) is 6.92 Å². The molecular formula is C20H25N3O4S. The van der Waals surface area contributed by atoms with Crippen LogP contribution in [0.15, 0.2) is 42.5 Å². The minimum Gasteiger partial charge on any atom is -0.350 e. The van der Waals surface area contributed by atoms with Crippen LogP contribution >= 0.6 is 0 Å². The summed E-state index contributed by atoms with van der Waals surface area (Å²) in [6.07, 6.45) is 1.12. The molecular weight excluding hydrogens is 378 g/mol. The minimum atomic E-state index is -3.40. The van der Waals surface area contributed by atoms with Gasteiger partial charge in [-0.3, -0.25) is 13.9 Å². The van der Waals surface area contributed by atoms with E-state index in [9.17, 15) is 18.0 Å². The van der Waals surface area contributed by atoms with Gasteiger partial charge < -0.3 is 10.6 Å². The molecule has 2 aromatic carbocycles. The van der Waals surface area contributed by atoms with Gasteiger partial charge in [0.1, 0.15) is 0 Å². The van der Waals surface area contributed by atoms with Crippen molar-refractivity contribution in [3.8, 4) is 0 Å². The first kappa shape index (κ1) is 21.4. The normalized spacial score (nSPS) is 11.2. The second-order valence-corrected chi connectivity index (χ2v) is 8.87. The molecule has 0 aromatic heterocycles. The standard InChI is InChI=1S/C20H25N3O4S/c1-13(2)21-20(25)16-8-6-7-9-17(16)22-19(24)15-10-11-18(14(3)12-15)23(4)28(5,26)27/h6-13H,1-5H3,(H,21,25)(H,22,24). The number of para-hydroxylation sites is 1. The van der Waals surface area contributed by atoms with E-state index >= 15 is 0 Å². The van der Waals surface area contributed by atoms with E-state index in [1.807, 2.05) is 13.8 Å². The van der Waals surface area contributed by atoms with Gasteiger partial charge in [0, 0.05) is 18.7 Å². The Bertz CT molecular complexity index is 1000. The molecule has 0 fully saturated rings. The summed E-state index contributed by atoms with van der Waals surface area (Å²) < 4.78 is 24.6. The summed E-state index contributed by atoms with van der Waals surface area (Å²) >= 11 is 0. The summed E-state index contributed by atoms with van der Waals surface area (Å²) in [4.78, 5) is 25.0. The van der Waals surface area contributed by atoms with Crippen molar-refractivity contribution in [3.05, 3.63) is 59.2 Å². The fourth-order valence-corrected chi connectivity index (χ4v) is 3.22. The van der Waals surface area contributed by atoms with Crippen LogP contribution in [0.3, 0.4) is 0 Å². The van der Waals surface area contributed by atoms with Gasteiger partial charge in [-0.15, -0.1) is 0 Å². The van der Waals surface area contributed by atoms with E-state index in [4.69, 9.17) is 0 Å². The number of aryl methyl sites for hydroxylation is 1. The molecule has 2 rings (SSSR count). The highest BCUT2D eigenvalue weighted by Gasteiger charge is 2.18. The molecule has 0 aliphatic rings. The molecule has 150 valence electrons. The summed E-state index contributed by atoms with van der Waals surface area (Å²) in [5.74, 6) is -0.659. The SMILES string of the molecule is Cc1cc(C(=O)Nc2ccccc2C(=O)NC(C)C)ccc1N(C)S(C)(=O)=O. The van der Waals surface area contributed by atoms with Crippen molar-refractivity contribution in [2.45, 2.75) is 26.8 Å². The first-order chi connectivity index (χ1) is 13.0. The molecule has 0 saturated carbocycles. The van der Waals surface area contributed by atoms with Gasteiger partial charge in [-0.05, 0) is 56.7 Å². The van der Waals surface area contributed by atoms with Crippen molar-refractivity contribution in [3.63, 3.8) is 0 Å². The zero-order valence-electron chi connectivity index (χ0n) is 16.6. The number of anilines is 2. The Hall–Kier alpha value is -2.87. The third-order valence-electron chi connectivity index (χ3n) is 4.14. The molecule has 0 spiro atoms. The van der Waals surface area contributed by atoms with Crippen molar-refractivity contribution in [1.82, 2.24) is 5.32 Å². The number of hydrogen-bond acceptors (Lipinski definition) is 4. The summed E-state index contributed by atoms with van der Waals surface area (Å²) in [5, 5.41) is 5.56. The summed E-state index contributed by atoms with van der Waals surface area (Å²) in [7, 11) is -1.94. The van der Waals surface area contributed by atoms with E-state index < -0.39 is 10.0 Å². The monoisotopic (exact) mass is 403 g/mol. The topological polar surface area (TPSA) is 95.6 Å². The van der Waals surface area contributed by atoms with Crippen LogP contribution in [0.2, 0.25) is 0 Å². The number of nitrogens with one attached hydrogen (secondary N) is 2. The number of benzene rings is 2. The fourth-order valence-electron chi connectivity index (χ4n) is 2.65. The highest BCUT2D eigenvalue weighted by Crippen LogP contribution is 2.23. The third kappa shape index (κ3) is 5.10. The lowest BCUT2D eigenvalue weighted by molar-refractivity contribution is 0.0944. The molecule has 0 radical (unpaired) electrons. The van der Waals surface area contributed by atoms with Crippen LogP contribution in [0.5, 0.6) is 0 Å². The lowest BCUT2D eigenvalue weighted by Crippen LogP contribution is -2.31. The van der Waals surface area contributed by atoms with Gasteiger partial charge in [-0.2, -0.15) is 0 Å². The Balaban J connectivity index is 2.27. The molecule has 0 unspecified atom stereocenters. The van der Waals surface area contributed by atoms with Crippen molar-refractivity contribution in [2.75, 3.05) is 22.9 Å². The Morgan fingerprint density at radius 3 is 2.25 bits per heavy atom. The van der Waals surface area contributed by atoms with Gasteiger partial charge in [0.2, 0.25) is 10.0 Å². The van der Waals surface area contributed by atoms with E-state index in [1.165, 1.54) is 7.05 Å². The number of rotatable bonds is 6. The quantitative estimate of drug-likeness (QED) is 0.775. The molecule has 0 heterocycles. The van der Waals surface area contributed by atoms with E-state index in [0.717, 1.165) is 10.6 Å². The van der Waals surface area contributed by atoms with Crippen molar-refractivity contribution in [2.24, 2.45) is 0 Å². The maximum atomic E-state index is 12.7. The van der Waals surface area contributed by atoms with Crippen molar-refractivity contribution >= 4 is 33.2 Å². The zero-order chi connectivity index (χ0) is 21.1. The molecule has 0 aliphatic heterocycles. The highest BCUT2D eigenvalue weighted by atomic mass is 32.2. The van der Waals surface area contributed by atoms with Crippen LogP contribution in [0.25, 0.3) is 0 Å². The van der Waals surface area contributed by atoms with E-state index in [0.29, 0.717) is 28.1 Å². The predicted molar refractivity (Wildman–Crippen MR) is 111 cm³/mol. The molecule has 2 aromatic rings. The maximum absolute atomic E-state index is 12.7. The molecule has 7 nitrogen and oxygen atoms in total. The van der Waals surface area contributed by atoms with E-state index in [1.54, 1.807) is 49.4 Å². The zero-order valence-corrected chi connectivity index (χ0v) is 17.4. The van der Waals surface area contributed by atoms with Gasteiger partial charge in [0.25, 0.3) is 11.8 Å². The second-order valence-electron chi connectivity index (χ2n) is 6.86. The molecule has 28 heavy (non-hydrogen) atoms. The average Bonchev–Trinajstić information content (AvgIpc) is 2.60. The summed E-state index contributed by atoms with van der Waals surface area (Å²) in [6, 6.07) is 11.5. The number of amides is 2. The lowest BCUT2D eigenvalue weighted by Gasteiger charge is -2.19. The maximum Gasteiger partial charge on any atom is 0.255 e. The van der Waals surface area contributed by atoms with Crippen LogP contribution in [-0.2, 0) is 10.0 Å². The highest BCUT2D eigenvalue weighted by molar-refractivity contribution is 7.92. The second kappa shape index (κ2) is 8.43. The number of nitrogens with zero attached hydrogens (tertiary/aromatic N) is 1. The molecule has 0 bridgehead atoms. The summed E-state index contributed by atoms with van der Waals surface area (Å²) in [5.41, 5.74) is 2.28. The van der Waals surface area contributed by atoms with Crippen molar-refractivity contribution < 1.29 is 18.0 Å². The molecule has 0 aliphatic carbocycles. The predicted octanol–water partition coefficient (Wildman–Crippen LogP) is 2.78. The van der Waals surface area contributed by atoms with Gasteiger partial charge in [0.05, 0.1) is 23.2 Å². The fraction of sp³-hybridized carbons (Fsp3) is 0.300. The first-order valence-corrected chi connectivity index (χ1v) is 10.6. The number of carbonyl (C=O) groups is 2. The molecule has 2 N–H and O–H groups in total. The van der Waals surface area contributed by atoms with Crippen LogP contribution in [0.4, 0.5) is 11.4 Å². The van der Waals surface area contributed by atoms with Crippen molar-refractivity contribution in [1.29, 1.82) is 0 Å². The van der Waals surface area contributed by atoms with E-state index in [2.05, 4.69) is 10.6 Å². The average molecular weight is 404 g/mol. The number of carbonyl (C=O) groups excluding carboxylic acids is 2. The van der Waals surface area contributed by atoms with E-state index in [-0.39, 0.29) is 17.9 Å². The number of sulfonamides is 1. The van der Waals surface area contributed by atoms with Gasteiger partial charge in [0.15, 0.2) is 0 Å². The summed E-state index contributed by atoms with van der Waals surface area (Å²) in [6.45, 7) is 5.45. The number of hydrogen-bond donors (Lipinski definition) is 2. The van der Waals surface area contributed by atoms with Gasteiger partial charge in [-0.1, -0.05) is 12.1 Å². The Morgan fingerprint density at radius 2 is 1.68 bits per heavy atom. The van der Waals surface area contributed by atoms with Gasteiger partial charge in [-0.25, -0.2) is 8.42 Å². The van der Waals surface area contributed by atoms with Crippen LogP contribution in [-0.4, -0.2) is 39.6 Å². The smallest absolute Gasteiger partial charge is 0.255 e. The molecule has 2 amide bonds. The minimum absolute atomic E-state index is 0.0294. The Morgan fingerprint density at radius 1 is 1.04 bits per heavy atom.